The zero-order chi connectivity index (χ0) is 16.3. The molecule has 2 rings (SSSR count). The molecule has 2 aromatic rings. The topological polar surface area (TPSA) is 94.2 Å². The Balaban J connectivity index is 2.08. The van der Waals surface area contributed by atoms with Crippen molar-refractivity contribution in [2.45, 2.75) is 13.3 Å². The number of carbonyl (C=O) groups excluding carboxylic acids is 1. The molecular formula is C15H15N3O4. The van der Waals surface area contributed by atoms with E-state index in [9.17, 15) is 19.7 Å². The third kappa shape index (κ3) is 3.57. The number of non-ortho nitro benzene ring substituents is 1. The minimum atomic E-state index is -0.488. The van der Waals surface area contributed by atoms with Crippen molar-refractivity contribution in [3.63, 3.8) is 0 Å². The van der Waals surface area contributed by atoms with Gasteiger partial charge in [-0.05, 0) is 18.1 Å². The first kappa shape index (κ1) is 15.4. The van der Waals surface area contributed by atoms with Gasteiger partial charge in [-0.1, -0.05) is 12.1 Å². The summed E-state index contributed by atoms with van der Waals surface area (Å²) in [4.78, 5) is 33.6. The molecule has 1 aromatic carbocycles. The van der Waals surface area contributed by atoms with Crippen LogP contribution in [0, 0.1) is 17.0 Å². The van der Waals surface area contributed by atoms with E-state index in [1.807, 2.05) is 0 Å². The molecule has 114 valence electrons. The minimum absolute atomic E-state index is 0.0157. The fourth-order valence-electron chi connectivity index (χ4n) is 1.97. The normalized spacial score (nSPS) is 10.3. The minimum Gasteiger partial charge on any atom is -0.324 e. The first-order chi connectivity index (χ1) is 10.4. The second kappa shape index (κ2) is 6.21. The summed E-state index contributed by atoms with van der Waals surface area (Å²) < 4.78 is 1.38. The maximum absolute atomic E-state index is 12.0. The Morgan fingerprint density at radius 1 is 1.32 bits per heavy atom. The van der Waals surface area contributed by atoms with Crippen LogP contribution in [0.3, 0.4) is 0 Å². The van der Waals surface area contributed by atoms with Crippen LogP contribution in [0.4, 0.5) is 11.4 Å². The van der Waals surface area contributed by atoms with Gasteiger partial charge in [-0.15, -0.1) is 0 Å². The number of aryl methyl sites for hydroxylation is 2. The maximum atomic E-state index is 12.0. The van der Waals surface area contributed by atoms with E-state index < -0.39 is 4.92 Å². The van der Waals surface area contributed by atoms with Gasteiger partial charge in [-0.25, -0.2) is 0 Å². The Morgan fingerprint density at radius 3 is 2.55 bits per heavy atom. The molecule has 1 amide bonds. The number of rotatable bonds is 4. The Hall–Kier alpha value is -2.96. The Labute approximate surface area is 126 Å². The lowest BCUT2D eigenvalue weighted by atomic mass is 10.1. The van der Waals surface area contributed by atoms with Gasteiger partial charge in [-0.2, -0.15) is 0 Å². The van der Waals surface area contributed by atoms with Crippen molar-refractivity contribution < 1.29 is 9.72 Å². The highest BCUT2D eigenvalue weighted by atomic mass is 16.6. The Morgan fingerprint density at radius 2 is 1.95 bits per heavy atom. The van der Waals surface area contributed by atoms with Crippen molar-refractivity contribution in [3.05, 3.63) is 68.1 Å². The molecule has 0 aliphatic heterocycles. The average Bonchev–Trinajstić information content (AvgIpc) is 2.45. The van der Waals surface area contributed by atoms with E-state index in [1.54, 1.807) is 32.3 Å². The van der Waals surface area contributed by atoms with E-state index in [-0.39, 0.29) is 23.6 Å². The summed E-state index contributed by atoms with van der Waals surface area (Å²) in [6.07, 6.45) is 1.66. The van der Waals surface area contributed by atoms with Gasteiger partial charge in [0.05, 0.1) is 17.0 Å². The quantitative estimate of drug-likeness (QED) is 0.688. The number of anilines is 1. The first-order valence-electron chi connectivity index (χ1n) is 6.57. The van der Waals surface area contributed by atoms with Gasteiger partial charge in [-0.3, -0.25) is 19.7 Å². The van der Waals surface area contributed by atoms with Gasteiger partial charge < -0.3 is 9.88 Å². The van der Waals surface area contributed by atoms with Crippen molar-refractivity contribution in [3.8, 4) is 0 Å². The number of nitrogens with one attached hydrogen (secondary N) is 1. The second-order valence-electron chi connectivity index (χ2n) is 4.97. The molecule has 1 heterocycles. The fourth-order valence-corrected chi connectivity index (χ4v) is 1.97. The lowest BCUT2D eigenvalue weighted by Gasteiger charge is -2.09. The predicted octanol–water partition coefficient (Wildman–Crippen LogP) is 1.78. The van der Waals surface area contributed by atoms with Gasteiger partial charge >= 0.3 is 0 Å². The van der Waals surface area contributed by atoms with E-state index >= 15 is 0 Å². The van der Waals surface area contributed by atoms with Crippen molar-refractivity contribution in [2.75, 3.05) is 5.32 Å². The molecule has 0 saturated heterocycles. The SMILES string of the molecule is Cc1cc(=O)n(C)cc1NC(=O)Cc1ccc([N+](=O)[O-])cc1. The van der Waals surface area contributed by atoms with Crippen molar-refractivity contribution in [2.24, 2.45) is 7.05 Å². The molecule has 0 radical (unpaired) electrons. The molecule has 1 N–H and O–H groups in total. The number of hydrogen-bond donors (Lipinski definition) is 1. The summed E-state index contributed by atoms with van der Waals surface area (Å²) in [5.41, 5.74) is 1.75. The highest BCUT2D eigenvalue weighted by Gasteiger charge is 2.09. The largest absolute Gasteiger partial charge is 0.324 e. The highest BCUT2D eigenvalue weighted by molar-refractivity contribution is 5.92. The molecule has 0 aliphatic rings. The molecular weight excluding hydrogens is 286 g/mol. The summed E-state index contributed by atoms with van der Waals surface area (Å²) in [5, 5.41) is 13.3. The summed E-state index contributed by atoms with van der Waals surface area (Å²) in [6, 6.07) is 7.26. The van der Waals surface area contributed by atoms with E-state index in [1.165, 1.54) is 22.8 Å². The number of nitro groups is 1. The molecule has 1 aromatic heterocycles. The summed E-state index contributed by atoms with van der Waals surface area (Å²) in [7, 11) is 1.60. The molecule has 22 heavy (non-hydrogen) atoms. The van der Waals surface area contributed by atoms with Crippen LogP contribution in [0.1, 0.15) is 11.1 Å². The third-order valence-electron chi connectivity index (χ3n) is 3.22. The van der Waals surface area contributed by atoms with E-state index in [2.05, 4.69) is 5.32 Å². The molecule has 7 heteroatoms. The van der Waals surface area contributed by atoms with Crippen LogP contribution in [0.5, 0.6) is 0 Å². The number of pyridine rings is 1. The second-order valence-corrected chi connectivity index (χ2v) is 4.97. The molecule has 0 spiro atoms. The number of aromatic nitrogens is 1. The van der Waals surface area contributed by atoms with Gasteiger partial charge in [0, 0.05) is 31.4 Å². The van der Waals surface area contributed by atoms with Gasteiger partial charge in [0.2, 0.25) is 5.91 Å². The smallest absolute Gasteiger partial charge is 0.269 e. The molecule has 0 unspecified atom stereocenters. The van der Waals surface area contributed by atoms with Crippen LogP contribution in [0.15, 0.2) is 41.3 Å². The third-order valence-corrected chi connectivity index (χ3v) is 3.22. The predicted molar refractivity (Wildman–Crippen MR) is 81.9 cm³/mol. The number of amides is 1. The highest BCUT2D eigenvalue weighted by Crippen LogP contribution is 2.14. The lowest BCUT2D eigenvalue weighted by molar-refractivity contribution is -0.384. The lowest BCUT2D eigenvalue weighted by Crippen LogP contribution is -2.20. The number of hydrogen-bond acceptors (Lipinski definition) is 4. The average molecular weight is 301 g/mol. The zero-order valence-electron chi connectivity index (χ0n) is 12.2. The maximum Gasteiger partial charge on any atom is 0.269 e. The molecule has 7 nitrogen and oxygen atoms in total. The van der Waals surface area contributed by atoms with E-state index in [0.29, 0.717) is 16.8 Å². The van der Waals surface area contributed by atoms with E-state index in [4.69, 9.17) is 0 Å². The monoisotopic (exact) mass is 301 g/mol. The molecule has 0 fully saturated rings. The molecule has 0 bridgehead atoms. The van der Waals surface area contributed by atoms with Gasteiger partial charge in [0.1, 0.15) is 0 Å². The first-order valence-corrected chi connectivity index (χ1v) is 6.57. The van der Waals surface area contributed by atoms with Crippen molar-refractivity contribution in [1.29, 1.82) is 0 Å². The van der Waals surface area contributed by atoms with Crippen LogP contribution < -0.4 is 10.9 Å². The summed E-state index contributed by atoms with van der Waals surface area (Å²) >= 11 is 0. The molecule has 0 aliphatic carbocycles. The molecule has 0 atom stereocenters. The van der Waals surface area contributed by atoms with Crippen LogP contribution in [0.2, 0.25) is 0 Å². The van der Waals surface area contributed by atoms with Crippen molar-refractivity contribution in [1.82, 2.24) is 4.57 Å². The van der Waals surface area contributed by atoms with Crippen LogP contribution in [-0.2, 0) is 18.3 Å². The summed E-state index contributed by atoms with van der Waals surface area (Å²) in [6.45, 7) is 1.74. The Kier molecular flexibility index (Phi) is 4.36. The van der Waals surface area contributed by atoms with Gasteiger partial charge in [0.25, 0.3) is 11.2 Å². The van der Waals surface area contributed by atoms with Crippen LogP contribution >= 0.6 is 0 Å². The Bertz CT molecular complexity index is 778. The van der Waals surface area contributed by atoms with E-state index in [0.717, 1.165) is 0 Å². The zero-order valence-corrected chi connectivity index (χ0v) is 12.2. The number of nitrogens with zero attached hydrogens (tertiary/aromatic N) is 2. The van der Waals surface area contributed by atoms with Gasteiger partial charge in [0.15, 0.2) is 0 Å². The van der Waals surface area contributed by atoms with Crippen molar-refractivity contribution >= 4 is 17.3 Å². The standard InChI is InChI=1S/C15H15N3O4/c1-10-7-15(20)17(2)9-13(10)16-14(19)8-11-3-5-12(6-4-11)18(21)22/h3-7,9H,8H2,1-2H3,(H,16,19). The number of carbonyl (C=O) groups is 1. The van der Waals surface area contributed by atoms with Crippen LogP contribution in [0.25, 0.3) is 0 Å². The fraction of sp³-hybridized carbons (Fsp3) is 0.200. The number of benzene rings is 1. The number of nitro benzene ring substituents is 1. The van der Waals surface area contributed by atoms with Crippen LogP contribution in [-0.4, -0.2) is 15.4 Å². The summed E-state index contributed by atoms with van der Waals surface area (Å²) in [5.74, 6) is -0.254. The molecule has 0 saturated carbocycles.